The van der Waals surface area contributed by atoms with E-state index in [-0.39, 0.29) is 11.8 Å². The second kappa shape index (κ2) is 5.03. The topological polar surface area (TPSA) is 92.4 Å². The van der Waals surface area contributed by atoms with E-state index in [2.05, 4.69) is 10.5 Å². The fraction of sp³-hybridized carbons (Fsp3) is 0.615. The Balaban J connectivity index is 2.11. The Labute approximate surface area is 111 Å². The Kier molecular flexibility index (Phi) is 3.59. The van der Waals surface area contributed by atoms with Gasteiger partial charge in [0.2, 0.25) is 11.8 Å². The fourth-order valence-corrected chi connectivity index (χ4v) is 2.59. The highest BCUT2D eigenvalue weighted by Gasteiger charge is 2.41. The van der Waals surface area contributed by atoms with Crippen molar-refractivity contribution in [3.63, 3.8) is 0 Å². The Morgan fingerprint density at radius 2 is 1.95 bits per heavy atom. The van der Waals surface area contributed by atoms with Gasteiger partial charge in [0.15, 0.2) is 0 Å². The summed E-state index contributed by atoms with van der Waals surface area (Å²) in [7, 11) is 0. The highest BCUT2D eigenvalue weighted by molar-refractivity contribution is 5.95. The van der Waals surface area contributed by atoms with Crippen LogP contribution >= 0.6 is 0 Å². The molecule has 1 aromatic rings. The maximum Gasteiger partial charge on any atom is 0.307 e. The second-order valence-electron chi connectivity index (χ2n) is 5.34. The Bertz CT molecular complexity index is 509. The van der Waals surface area contributed by atoms with Crippen molar-refractivity contribution in [1.82, 2.24) is 5.16 Å². The number of rotatable bonds is 3. The first-order valence-corrected chi connectivity index (χ1v) is 6.36. The SMILES string of the molecule is Cc1noc(NC(=O)[C@H]2CC(C)C[C@H]2C(=O)O)c1C. The molecule has 0 aliphatic heterocycles. The van der Waals surface area contributed by atoms with Gasteiger partial charge in [-0.2, -0.15) is 0 Å². The quantitative estimate of drug-likeness (QED) is 0.872. The summed E-state index contributed by atoms with van der Waals surface area (Å²) < 4.78 is 5.02. The van der Waals surface area contributed by atoms with Gasteiger partial charge < -0.3 is 9.63 Å². The number of carbonyl (C=O) groups excluding carboxylic acids is 1. The Hall–Kier alpha value is -1.85. The van der Waals surface area contributed by atoms with Crippen molar-refractivity contribution in [2.45, 2.75) is 33.6 Å². The van der Waals surface area contributed by atoms with Crippen LogP contribution in [0, 0.1) is 31.6 Å². The molecular formula is C13H18N2O4. The molecule has 6 heteroatoms. The van der Waals surface area contributed by atoms with Crippen molar-refractivity contribution in [3.05, 3.63) is 11.3 Å². The monoisotopic (exact) mass is 266 g/mol. The van der Waals surface area contributed by atoms with Crippen LogP contribution in [0.25, 0.3) is 0 Å². The number of aryl methyl sites for hydroxylation is 1. The molecule has 0 radical (unpaired) electrons. The lowest BCUT2D eigenvalue weighted by atomic mass is 9.95. The van der Waals surface area contributed by atoms with Crippen LogP contribution in [0.5, 0.6) is 0 Å². The normalized spacial score (nSPS) is 26.4. The van der Waals surface area contributed by atoms with E-state index in [0.717, 1.165) is 5.56 Å². The molecule has 19 heavy (non-hydrogen) atoms. The molecule has 1 fully saturated rings. The van der Waals surface area contributed by atoms with E-state index in [1.54, 1.807) is 13.8 Å². The van der Waals surface area contributed by atoms with Gasteiger partial charge in [0.05, 0.1) is 17.5 Å². The number of hydrogen-bond donors (Lipinski definition) is 2. The summed E-state index contributed by atoms with van der Waals surface area (Å²) in [5, 5.41) is 15.6. The minimum Gasteiger partial charge on any atom is -0.481 e. The summed E-state index contributed by atoms with van der Waals surface area (Å²) in [5.41, 5.74) is 1.48. The fourth-order valence-electron chi connectivity index (χ4n) is 2.59. The van der Waals surface area contributed by atoms with Gasteiger partial charge in [-0.3, -0.25) is 14.9 Å². The zero-order valence-electron chi connectivity index (χ0n) is 11.3. The van der Waals surface area contributed by atoms with Crippen molar-refractivity contribution >= 4 is 17.8 Å². The van der Waals surface area contributed by atoms with Crippen LogP contribution < -0.4 is 5.32 Å². The number of carbonyl (C=O) groups is 2. The van der Waals surface area contributed by atoms with Gasteiger partial charge >= 0.3 is 5.97 Å². The first-order chi connectivity index (χ1) is 8.90. The van der Waals surface area contributed by atoms with E-state index in [4.69, 9.17) is 9.63 Å². The molecule has 0 aromatic carbocycles. The van der Waals surface area contributed by atoms with Crippen LogP contribution in [-0.2, 0) is 9.59 Å². The lowest BCUT2D eigenvalue weighted by Gasteiger charge is -2.14. The predicted octanol–water partition coefficient (Wildman–Crippen LogP) is 1.98. The first-order valence-electron chi connectivity index (χ1n) is 6.36. The summed E-state index contributed by atoms with van der Waals surface area (Å²) in [6.45, 7) is 5.55. The largest absolute Gasteiger partial charge is 0.481 e. The van der Waals surface area contributed by atoms with Crippen molar-refractivity contribution in [3.8, 4) is 0 Å². The first kappa shape index (κ1) is 13.6. The highest BCUT2D eigenvalue weighted by Crippen LogP contribution is 2.37. The Morgan fingerprint density at radius 1 is 1.32 bits per heavy atom. The number of nitrogens with zero attached hydrogens (tertiary/aromatic N) is 1. The molecule has 3 atom stereocenters. The third-order valence-electron chi connectivity index (χ3n) is 3.85. The molecule has 1 saturated carbocycles. The molecule has 1 aliphatic carbocycles. The molecule has 1 unspecified atom stereocenters. The third kappa shape index (κ3) is 2.62. The summed E-state index contributed by atoms with van der Waals surface area (Å²) in [6.07, 6.45) is 1.14. The van der Waals surface area contributed by atoms with Gasteiger partial charge in [0.25, 0.3) is 0 Å². The smallest absolute Gasteiger partial charge is 0.307 e. The minimum absolute atomic E-state index is 0.245. The molecule has 0 bridgehead atoms. The van der Waals surface area contributed by atoms with Crippen LogP contribution in [0.3, 0.4) is 0 Å². The van der Waals surface area contributed by atoms with Crippen LogP contribution in [0.15, 0.2) is 4.52 Å². The van der Waals surface area contributed by atoms with Crippen LogP contribution in [0.2, 0.25) is 0 Å². The number of anilines is 1. The van der Waals surface area contributed by atoms with E-state index in [0.29, 0.717) is 24.4 Å². The molecule has 0 saturated heterocycles. The lowest BCUT2D eigenvalue weighted by molar-refractivity contribution is -0.145. The van der Waals surface area contributed by atoms with Crippen LogP contribution in [0.4, 0.5) is 5.88 Å². The van der Waals surface area contributed by atoms with Crippen molar-refractivity contribution in [2.75, 3.05) is 5.32 Å². The van der Waals surface area contributed by atoms with E-state index in [1.807, 2.05) is 6.92 Å². The molecule has 1 heterocycles. The van der Waals surface area contributed by atoms with Crippen LogP contribution in [-0.4, -0.2) is 22.1 Å². The van der Waals surface area contributed by atoms with Gasteiger partial charge in [-0.25, -0.2) is 0 Å². The summed E-state index contributed by atoms with van der Waals surface area (Å²) in [4.78, 5) is 23.3. The molecule has 1 aliphatic rings. The van der Waals surface area contributed by atoms with Gasteiger partial charge in [0, 0.05) is 5.56 Å². The average molecular weight is 266 g/mol. The molecular weight excluding hydrogens is 248 g/mol. The molecule has 2 N–H and O–H groups in total. The van der Waals surface area contributed by atoms with Crippen LogP contribution in [0.1, 0.15) is 31.0 Å². The minimum atomic E-state index is -0.907. The maximum atomic E-state index is 12.2. The van der Waals surface area contributed by atoms with Crippen molar-refractivity contribution < 1.29 is 19.2 Å². The van der Waals surface area contributed by atoms with E-state index in [9.17, 15) is 9.59 Å². The summed E-state index contributed by atoms with van der Waals surface area (Å²) in [6, 6.07) is 0. The van der Waals surface area contributed by atoms with Crippen molar-refractivity contribution in [1.29, 1.82) is 0 Å². The summed E-state index contributed by atoms with van der Waals surface area (Å²) >= 11 is 0. The lowest BCUT2D eigenvalue weighted by Crippen LogP contribution is -2.30. The second-order valence-corrected chi connectivity index (χ2v) is 5.34. The van der Waals surface area contributed by atoms with Gasteiger partial charge in [-0.05, 0) is 32.6 Å². The molecule has 6 nitrogen and oxygen atoms in total. The maximum absolute atomic E-state index is 12.2. The van der Waals surface area contributed by atoms with Gasteiger partial charge in [-0.1, -0.05) is 12.1 Å². The standard InChI is InChI=1S/C13H18N2O4/c1-6-4-9(10(5-6)13(17)18)11(16)14-12-7(2)8(3)15-19-12/h6,9-10H,4-5H2,1-3H3,(H,14,16)(H,17,18)/t6?,9-,10+/m0/s1. The number of aliphatic carboxylic acids is 1. The molecule has 1 aromatic heterocycles. The van der Waals surface area contributed by atoms with Crippen molar-refractivity contribution in [2.24, 2.45) is 17.8 Å². The average Bonchev–Trinajstić information content (AvgIpc) is 2.87. The molecule has 2 rings (SSSR count). The number of nitrogens with one attached hydrogen (secondary N) is 1. The highest BCUT2D eigenvalue weighted by atomic mass is 16.5. The third-order valence-corrected chi connectivity index (χ3v) is 3.85. The number of aromatic nitrogens is 1. The summed E-state index contributed by atoms with van der Waals surface area (Å²) in [5.74, 6) is -1.76. The number of carboxylic acid groups (broad SMARTS) is 1. The predicted molar refractivity (Wildman–Crippen MR) is 67.6 cm³/mol. The number of hydrogen-bond acceptors (Lipinski definition) is 4. The van der Waals surface area contributed by atoms with Gasteiger partial charge in [-0.15, -0.1) is 0 Å². The zero-order chi connectivity index (χ0) is 14.2. The number of amides is 1. The number of carboxylic acids is 1. The van der Waals surface area contributed by atoms with Gasteiger partial charge in [0.1, 0.15) is 0 Å². The van der Waals surface area contributed by atoms with E-state index < -0.39 is 17.8 Å². The Morgan fingerprint density at radius 3 is 2.47 bits per heavy atom. The van der Waals surface area contributed by atoms with E-state index >= 15 is 0 Å². The zero-order valence-corrected chi connectivity index (χ0v) is 11.3. The molecule has 0 spiro atoms. The molecule has 104 valence electrons. The van der Waals surface area contributed by atoms with E-state index in [1.165, 1.54) is 0 Å². The molecule has 1 amide bonds.